The van der Waals surface area contributed by atoms with E-state index < -0.39 is 0 Å². The van der Waals surface area contributed by atoms with Crippen LogP contribution in [-0.2, 0) is 0 Å². The number of piperidine rings is 1. The van der Waals surface area contributed by atoms with E-state index in [2.05, 4.69) is 36.1 Å². The van der Waals surface area contributed by atoms with Gasteiger partial charge in [-0.1, -0.05) is 0 Å². The van der Waals surface area contributed by atoms with Gasteiger partial charge in [-0.2, -0.15) is 0 Å². The molecule has 0 bridgehead atoms. The Morgan fingerprint density at radius 1 is 1.31 bits per heavy atom. The lowest BCUT2D eigenvalue weighted by Gasteiger charge is -2.35. The van der Waals surface area contributed by atoms with Crippen LogP contribution in [0.3, 0.4) is 0 Å². The second-order valence-corrected chi connectivity index (χ2v) is 5.90. The number of likely N-dealkylation sites (tertiary alicyclic amines) is 1. The third-order valence-corrected chi connectivity index (χ3v) is 4.29. The summed E-state index contributed by atoms with van der Waals surface area (Å²) in [5.74, 6) is 0.898. The molecule has 16 heavy (non-hydrogen) atoms. The third-order valence-electron chi connectivity index (χ3n) is 4.29. The molecule has 0 aromatic heterocycles. The van der Waals surface area contributed by atoms with E-state index in [1.165, 1.54) is 45.4 Å². The van der Waals surface area contributed by atoms with E-state index in [1.54, 1.807) is 0 Å². The molecule has 1 N–H and O–H groups in total. The Labute approximate surface area is 100 Å². The van der Waals surface area contributed by atoms with Crippen molar-refractivity contribution >= 4 is 0 Å². The van der Waals surface area contributed by atoms with E-state index in [9.17, 15) is 0 Å². The zero-order valence-electron chi connectivity index (χ0n) is 11.1. The van der Waals surface area contributed by atoms with Gasteiger partial charge >= 0.3 is 0 Å². The van der Waals surface area contributed by atoms with Crippen molar-refractivity contribution in [1.82, 2.24) is 15.1 Å². The molecule has 0 radical (unpaired) electrons. The fourth-order valence-electron chi connectivity index (χ4n) is 3.09. The highest BCUT2D eigenvalue weighted by atomic mass is 15.2. The fourth-order valence-corrected chi connectivity index (χ4v) is 3.09. The Morgan fingerprint density at radius 3 is 2.69 bits per heavy atom. The first-order chi connectivity index (χ1) is 7.65. The van der Waals surface area contributed by atoms with Crippen LogP contribution in [0.1, 0.15) is 26.2 Å². The highest BCUT2D eigenvalue weighted by Gasteiger charge is 2.25. The largest absolute Gasteiger partial charge is 0.313 e. The summed E-state index contributed by atoms with van der Waals surface area (Å²) in [6.07, 6.45) is 4.09. The molecule has 3 unspecified atom stereocenters. The molecule has 94 valence electrons. The minimum Gasteiger partial charge on any atom is -0.313 e. The topological polar surface area (TPSA) is 18.5 Å². The third kappa shape index (κ3) is 3.19. The Bertz CT molecular complexity index is 211. The van der Waals surface area contributed by atoms with Gasteiger partial charge in [0.25, 0.3) is 0 Å². The van der Waals surface area contributed by atoms with Gasteiger partial charge in [-0.3, -0.25) is 0 Å². The van der Waals surface area contributed by atoms with Crippen molar-refractivity contribution < 1.29 is 0 Å². The summed E-state index contributed by atoms with van der Waals surface area (Å²) in [4.78, 5) is 5.04. The maximum absolute atomic E-state index is 3.59. The molecule has 0 aromatic rings. The Kier molecular flexibility index (Phi) is 4.22. The molecule has 0 amide bonds. The van der Waals surface area contributed by atoms with Crippen LogP contribution < -0.4 is 5.32 Å². The SMILES string of the molecule is CC1CCC(N(C)CC2CCN(C)C2)CN1. The van der Waals surface area contributed by atoms with Crippen LogP contribution in [0.4, 0.5) is 0 Å². The first-order valence-electron chi connectivity index (χ1n) is 6.77. The van der Waals surface area contributed by atoms with Gasteiger partial charge in [0.15, 0.2) is 0 Å². The summed E-state index contributed by atoms with van der Waals surface area (Å²) >= 11 is 0. The molecule has 2 rings (SSSR count). The summed E-state index contributed by atoms with van der Waals surface area (Å²) in [6.45, 7) is 7.34. The van der Waals surface area contributed by atoms with Gasteiger partial charge in [0.05, 0.1) is 0 Å². The molecule has 2 fully saturated rings. The molecule has 2 saturated heterocycles. The number of likely N-dealkylation sites (N-methyl/N-ethyl adjacent to an activating group) is 1. The smallest absolute Gasteiger partial charge is 0.0218 e. The van der Waals surface area contributed by atoms with E-state index in [1.807, 2.05) is 0 Å². The highest BCUT2D eigenvalue weighted by molar-refractivity contribution is 4.83. The van der Waals surface area contributed by atoms with Crippen LogP contribution in [-0.4, -0.2) is 62.2 Å². The fraction of sp³-hybridized carbons (Fsp3) is 1.00. The maximum Gasteiger partial charge on any atom is 0.0218 e. The minimum absolute atomic E-state index is 0.724. The van der Waals surface area contributed by atoms with E-state index in [0.29, 0.717) is 0 Å². The molecule has 2 heterocycles. The second kappa shape index (κ2) is 5.48. The van der Waals surface area contributed by atoms with Crippen molar-refractivity contribution in [2.75, 3.05) is 40.3 Å². The molecule has 0 saturated carbocycles. The zero-order valence-corrected chi connectivity index (χ0v) is 11.1. The Morgan fingerprint density at radius 2 is 2.12 bits per heavy atom. The molecular formula is C13H27N3. The van der Waals surface area contributed by atoms with Gasteiger partial charge in [0, 0.05) is 31.7 Å². The van der Waals surface area contributed by atoms with Crippen LogP contribution in [0.25, 0.3) is 0 Å². The van der Waals surface area contributed by atoms with Crippen molar-refractivity contribution in [3.8, 4) is 0 Å². The summed E-state index contributed by atoms with van der Waals surface area (Å²) in [6, 6.07) is 1.49. The maximum atomic E-state index is 3.59. The van der Waals surface area contributed by atoms with E-state index in [0.717, 1.165) is 18.0 Å². The number of hydrogen-bond acceptors (Lipinski definition) is 3. The van der Waals surface area contributed by atoms with Crippen LogP contribution in [0.2, 0.25) is 0 Å². The lowest BCUT2D eigenvalue weighted by atomic mass is 9.99. The molecule has 0 spiro atoms. The highest BCUT2D eigenvalue weighted by Crippen LogP contribution is 2.19. The van der Waals surface area contributed by atoms with Gasteiger partial charge in [-0.15, -0.1) is 0 Å². The summed E-state index contributed by atoms with van der Waals surface area (Å²) in [5.41, 5.74) is 0. The van der Waals surface area contributed by atoms with Crippen molar-refractivity contribution in [3.05, 3.63) is 0 Å². The van der Waals surface area contributed by atoms with Gasteiger partial charge in [0.1, 0.15) is 0 Å². The van der Waals surface area contributed by atoms with Crippen LogP contribution in [0, 0.1) is 5.92 Å². The molecule has 2 aliphatic rings. The summed E-state index contributed by atoms with van der Waals surface area (Å²) in [5, 5.41) is 3.59. The van der Waals surface area contributed by atoms with E-state index in [-0.39, 0.29) is 0 Å². The van der Waals surface area contributed by atoms with Crippen LogP contribution in [0.5, 0.6) is 0 Å². The lowest BCUT2D eigenvalue weighted by Crippen LogP contribution is -2.48. The Hall–Kier alpha value is -0.120. The van der Waals surface area contributed by atoms with Crippen LogP contribution in [0.15, 0.2) is 0 Å². The molecule has 0 aromatic carbocycles. The Balaban J connectivity index is 1.73. The lowest BCUT2D eigenvalue weighted by molar-refractivity contribution is 0.165. The second-order valence-electron chi connectivity index (χ2n) is 5.90. The zero-order chi connectivity index (χ0) is 11.5. The molecule has 3 heteroatoms. The minimum atomic E-state index is 0.724. The van der Waals surface area contributed by atoms with Gasteiger partial charge in [-0.25, -0.2) is 0 Å². The van der Waals surface area contributed by atoms with Gasteiger partial charge in [0.2, 0.25) is 0 Å². The van der Waals surface area contributed by atoms with Gasteiger partial charge < -0.3 is 15.1 Å². The monoisotopic (exact) mass is 225 g/mol. The molecule has 2 aliphatic heterocycles. The van der Waals surface area contributed by atoms with Crippen molar-refractivity contribution in [2.24, 2.45) is 5.92 Å². The van der Waals surface area contributed by atoms with Crippen LogP contribution >= 0.6 is 0 Å². The van der Waals surface area contributed by atoms with E-state index in [4.69, 9.17) is 0 Å². The van der Waals surface area contributed by atoms with Crippen molar-refractivity contribution in [3.63, 3.8) is 0 Å². The molecule has 3 atom stereocenters. The van der Waals surface area contributed by atoms with Gasteiger partial charge in [-0.05, 0) is 52.7 Å². The standard InChI is InChI=1S/C13H27N3/c1-11-4-5-13(8-14-11)16(3)10-12-6-7-15(2)9-12/h11-14H,4-10H2,1-3H3. The normalized spacial score (nSPS) is 37.1. The van der Waals surface area contributed by atoms with Crippen molar-refractivity contribution in [1.29, 1.82) is 0 Å². The molecule has 3 nitrogen and oxygen atoms in total. The quantitative estimate of drug-likeness (QED) is 0.773. The molecule has 0 aliphatic carbocycles. The molecular weight excluding hydrogens is 198 g/mol. The predicted molar refractivity (Wildman–Crippen MR) is 68.7 cm³/mol. The number of hydrogen-bond donors (Lipinski definition) is 1. The number of nitrogens with zero attached hydrogens (tertiary/aromatic N) is 2. The average molecular weight is 225 g/mol. The van der Waals surface area contributed by atoms with Crippen molar-refractivity contribution in [2.45, 2.75) is 38.3 Å². The number of nitrogens with one attached hydrogen (secondary N) is 1. The number of rotatable bonds is 3. The average Bonchev–Trinajstić information content (AvgIpc) is 2.65. The first kappa shape index (κ1) is 12.3. The predicted octanol–water partition coefficient (Wildman–Crippen LogP) is 1.01. The van der Waals surface area contributed by atoms with E-state index >= 15 is 0 Å². The summed E-state index contributed by atoms with van der Waals surface area (Å²) in [7, 11) is 4.55. The first-order valence-corrected chi connectivity index (χ1v) is 6.77. The summed E-state index contributed by atoms with van der Waals surface area (Å²) < 4.78 is 0.